The third-order valence-electron chi connectivity index (χ3n) is 1.81. The summed E-state index contributed by atoms with van der Waals surface area (Å²) in [4.78, 5) is 11.5. The van der Waals surface area contributed by atoms with Gasteiger partial charge >= 0.3 is 5.97 Å². The van der Waals surface area contributed by atoms with Crippen LogP contribution in [0.1, 0.15) is 31.1 Å². The van der Waals surface area contributed by atoms with Crippen molar-refractivity contribution in [2.45, 2.75) is 27.3 Å². The van der Waals surface area contributed by atoms with Crippen molar-refractivity contribution in [1.29, 1.82) is 0 Å². The van der Waals surface area contributed by atoms with Crippen molar-refractivity contribution in [1.82, 2.24) is 9.78 Å². The molecule has 1 aromatic rings. The number of rotatable bonds is 4. The van der Waals surface area contributed by atoms with Gasteiger partial charge in [0.05, 0.1) is 12.8 Å². The van der Waals surface area contributed by atoms with E-state index in [1.807, 2.05) is 0 Å². The zero-order valence-corrected chi connectivity index (χ0v) is 10.7. The average molecular weight is 275 g/mol. The molecule has 0 amide bonds. The molecule has 1 heterocycles. The Morgan fingerprint density at radius 2 is 2.33 bits per heavy atom. The molecule has 0 fully saturated rings. The molecule has 0 saturated heterocycles. The minimum Gasteiger partial charge on any atom is -0.462 e. The number of ether oxygens (including phenoxy) is 1. The van der Waals surface area contributed by atoms with E-state index in [0.29, 0.717) is 22.7 Å². The molecule has 0 aromatic carbocycles. The fraction of sp³-hybridized carbons (Fsp3) is 0.600. The number of hydrogen-bond donors (Lipinski definition) is 0. The van der Waals surface area contributed by atoms with Crippen molar-refractivity contribution in [2.75, 3.05) is 6.61 Å². The summed E-state index contributed by atoms with van der Waals surface area (Å²) in [5, 5.41) is 4.13. The van der Waals surface area contributed by atoms with Crippen molar-refractivity contribution in [3.63, 3.8) is 0 Å². The maximum atomic E-state index is 11.5. The monoisotopic (exact) mass is 274 g/mol. The maximum absolute atomic E-state index is 11.5. The largest absolute Gasteiger partial charge is 0.462 e. The molecule has 0 radical (unpaired) electrons. The minimum absolute atomic E-state index is 0.334. The molecule has 1 aromatic heterocycles. The summed E-state index contributed by atoms with van der Waals surface area (Å²) in [5.74, 6) is 0.149. The summed E-state index contributed by atoms with van der Waals surface area (Å²) in [5.41, 5.74) is 0.484. The van der Waals surface area contributed by atoms with Gasteiger partial charge in [0.2, 0.25) is 0 Å². The SMILES string of the molecule is CCOC(=O)c1cnn(CC(C)C)c1Br. The molecular weight excluding hydrogens is 260 g/mol. The van der Waals surface area contributed by atoms with Crippen LogP contribution in [0.3, 0.4) is 0 Å². The number of nitrogens with zero attached hydrogens (tertiary/aromatic N) is 2. The maximum Gasteiger partial charge on any atom is 0.342 e. The lowest BCUT2D eigenvalue weighted by molar-refractivity contribution is 0.0525. The van der Waals surface area contributed by atoms with E-state index in [0.717, 1.165) is 6.54 Å². The summed E-state index contributed by atoms with van der Waals surface area (Å²) in [6, 6.07) is 0. The van der Waals surface area contributed by atoms with Gasteiger partial charge < -0.3 is 4.74 Å². The van der Waals surface area contributed by atoms with Crippen LogP contribution in [0.2, 0.25) is 0 Å². The van der Waals surface area contributed by atoms with Crippen molar-refractivity contribution in [2.24, 2.45) is 5.92 Å². The van der Waals surface area contributed by atoms with Crippen LogP contribution in [0.4, 0.5) is 0 Å². The Balaban J connectivity index is 2.84. The van der Waals surface area contributed by atoms with Gasteiger partial charge in [-0.05, 0) is 28.8 Å². The van der Waals surface area contributed by atoms with Gasteiger partial charge in [-0.15, -0.1) is 0 Å². The smallest absolute Gasteiger partial charge is 0.342 e. The predicted octanol–water partition coefficient (Wildman–Crippen LogP) is 2.48. The molecule has 1 rings (SSSR count). The van der Waals surface area contributed by atoms with Crippen molar-refractivity contribution < 1.29 is 9.53 Å². The Morgan fingerprint density at radius 1 is 1.67 bits per heavy atom. The van der Waals surface area contributed by atoms with Gasteiger partial charge in [-0.1, -0.05) is 13.8 Å². The zero-order valence-electron chi connectivity index (χ0n) is 9.16. The average Bonchev–Trinajstić information content (AvgIpc) is 2.48. The molecule has 15 heavy (non-hydrogen) atoms. The second kappa shape index (κ2) is 5.30. The molecule has 0 N–H and O–H groups in total. The lowest BCUT2D eigenvalue weighted by Crippen LogP contribution is -2.08. The molecule has 0 aliphatic heterocycles. The fourth-order valence-corrected chi connectivity index (χ4v) is 1.69. The summed E-state index contributed by atoms with van der Waals surface area (Å²) < 4.78 is 7.36. The number of carbonyl (C=O) groups excluding carboxylic acids is 1. The van der Waals surface area contributed by atoms with Crippen LogP contribution in [-0.2, 0) is 11.3 Å². The van der Waals surface area contributed by atoms with E-state index in [-0.39, 0.29) is 5.97 Å². The van der Waals surface area contributed by atoms with Gasteiger partial charge in [0, 0.05) is 6.54 Å². The molecule has 0 spiro atoms. The molecule has 0 aliphatic rings. The van der Waals surface area contributed by atoms with Gasteiger partial charge in [-0.2, -0.15) is 5.10 Å². The van der Waals surface area contributed by atoms with E-state index >= 15 is 0 Å². The van der Waals surface area contributed by atoms with Crippen LogP contribution < -0.4 is 0 Å². The van der Waals surface area contributed by atoms with Crippen LogP contribution in [0.25, 0.3) is 0 Å². The van der Waals surface area contributed by atoms with Gasteiger partial charge in [-0.25, -0.2) is 4.79 Å². The van der Waals surface area contributed by atoms with Gasteiger partial charge in [-0.3, -0.25) is 4.68 Å². The highest BCUT2D eigenvalue weighted by molar-refractivity contribution is 9.10. The molecular formula is C10H15BrN2O2. The standard InChI is InChI=1S/C10H15BrN2O2/c1-4-15-10(14)8-5-12-13(9(8)11)6-7(2)3/h5,7H,4,6H2,1-3H3. The summed E-state index contributed by atoms with van der Waals surface area (Å²) in [6.45, 7) is 7.13. The first-order valence-corrected chi connectivity index (χ1v) is 5.74. The molecule has 0 bridgehead atoms. The van der Waals surface area contributed by atoms with Crippen LogP contribution in [0.15, 0.2) is 10.8 Å². The van der Waals surface area contributed by atoms with E-state index in [1.165, 1.54) is 6.20 Å². The molecule has 0 aliphatic carbocycles. The highest BCUT2D eigenvalue weighted by Crippen LogP contribution is 2.18. The molecule has 4 nitrogen and oxygen atoms in total. The first-order valence-electron chi connectivity index (χ1n) is 4.94. The Morgan fingerprint density at radius 3 is 2.87 bits per heavy atom. The molecule has 0 saturated carbocycles. The van der Waals surface area contributed by atoms with E-state index in [4.69, 9.17) is 4.74 Å². The van der Waals surface area contributed by atoms with Crippen LogP contribution >= 0.6 is 15.9 Å². The Hall–Kier alpha value is -0.840. The first kappa shape index (κ1) is 12.2. The molecule has 0 atom stereocenters. The van der Waals surface area contributed by atoms with Crippen LogP contribution in [0.5, 0.6) is 0 Å². The van der Waals surface area contributed by atoms with Gasteiger partial charge in [0.25, 0.3) is 0 Å². The number of halogens is 1. The zero-order chi connectivity index (χ0) is 11.4. The Bertz CT molecular complexity index is 347. The topological polar surface area (TPSA) is 44.1 Å². The fourth-order valence-electron chi connectivity index (χ4n) is 1.19. The van der Waals surface area contributed by atoms with Crippen LogP contribution in [0, 0.1) is 5.92 Å². The van der Waals surface area contributed by atoms with E-state index in [9.17, 15) is 4.79 Å². The normalized spacial score (nSPS) is 10.7. The van der Waals surface area contributed by atoms with Gasteiger partial charge in [0.1, 0.15) is 10.2 Å². The van der Waals surface area contributed by atoms with E-state index in [1.54, 1.807) is 11.6 Å². The summed E-state index contributed by atoms with van der Waals surface area (Å²) in [6.07, 6.45) is 1.53. The van der Waals surface area contributed by atoms with E-state index < -0.39 is 0 Å². The van der Waals surface area contributed by atoms with Gasteiger partial charge in [0.15, 0.2) is 0 Å². The highest BCUT2D eigenvalue weighted by atomic mass is 79.9. The van der Waals surface area contributed by atoms with Crippen molar-refractivity contribution in [3.8, 4) is 0 Å². The number of carbonyl (C=O) groups is 1. The third kappa shape index (κ3) is 3.06. The highest BCUT2D eigenvalue weighted by Gasteiger charge is 2.16. The van der Waals surface area contributed by atoms with E-state index in [2.05, 4.69) is 34.9 Å². The number of esters is 1. The number of aromatic nitrogens is 2. The Labute approximate surface area is 97.7 Å². The lowest BCUT2D eigenvalue weighted by atomic mass is 10.2. The molecule has 84 valence electrons. The summed E-state index contributed by atoms with van der Waals surface area (Å²) in [7, 11) is 0. The third-order valence-corrected chi connectivity index (χ3v) is 2.65. The van der Waals surface area contributed by atoms with Crippen molar-refractivity contribution >= 4 is 21.9 Å². The molecule has 5 heteroatoms. The second-order valence-corrected chi connectivity index (χ2v) is 4.40. The molecule has 0 unspecified atom stereocenters. The van der Waals surface area contributed by atoms with Crippen LogP contribution in [-0.4, -0.2) is 22.4 Å². The quantitative estimate of drug-likeness (QED) is 0.793. The van der Waals surface area contributed by atoms with Crippen molar-refractivity contribution in [3.05, 3.63) is 16.4 Å². The number of hydrogen-bond acceptors (Lipinski definition) is 3. The summed E-state index contributed by atoms with van der Waals surface area (Å²) >= 11 is 3.35. The Kier molecular flexibility index (Phi) is 4.32. The first-order chi connectivity index (χ1) is 7.06. The minimum atomic E-state index is -0.334. The second-order valence-electron chi connectivity index (χ2n) is 3.65. The lowest BCUT2D eigenvalue weighted by Gasteiger charge is -2.06. The predicted molar refractivity (Wildman–Crippen MR) is 60.7 cm³/mol.